The molecular formula is C11H23NO2S. The van der Waals surface area contributed by atoms with Gasteiger partial charge in [-0.05, 0) is 18.6 Å². The predicted molar refractivity (Wildman–Crippen MR) is 66.2 cm³/mol. The van der Waals surface area contributed by atoms with Crippen molar-refractivity contribution in [2.45, 2.75) is 39.0 Å². The van der Waals surface area contributed by atoms with Crippen molar-refractivity contribution in [1.82, 2.24) is 5.32 Å². The van der Waals surface area contributed by atoms with Crippen molar-refractivity contribution in [3.8, 4) is 0 Å². The van der Waals surface area contributed by atoms with Crippen molar-refractivity contribution in [3.05, 3.63) is 0 Å². The van der Waals surface area contributed by atoms with Crippen molar-refractivity contribution in [3.63, 3.8) is 0 Å². The van der Waals surface area contributed by atoms with E-state index in [4.69, 9.17) is 5.11 Å². The van der Waals surface area contributed by atoms with Crippen molar-refractivity contribution in [2.24, 2.45) is 0 Å². The van der Waals surface area contributed by atoms with Crippen LogP contribution in [0.15, 0.2) is 0 Å². The monoisotopic (exact) mass is 233 g/mol. The SMILES string of the molecule is CCCCCC(=O)NCCSCCCO. The van der Waals surface area contributed by atoms with Gasteiger partial charge in [-0.3, -0.25) is 4.79 Å². The molecule has 0 bridgehead atoms. The highest BCUT2D eigenvalue weighted by Gasteiger charge is 1.99. The number of thioether (sulfide) groups is 1. The number of amides is 1. The van der Waals surface area contributed by atoms with Crippen LogP contribution in [0.2, 0.25) is 0 Å². The number of rotatable bonds is 10. The van der Waals surface area contributed by atoms with Crippen LogP contribution in [0.3, 0.4) is 0 Å². The number of carbonyl (C=O) groups excluding carboxylic acids is 1. The highest BCUT2D eigenvalue weighted by atomic mass is 32.2. The lowest BCUT2D eigenvalue weighted by molar-refractivity contribution is -0.121. The second kappa shape index (κ2) is 11.9. The fraction of sp³-hybridized carbons (Fsp3) is 0.909. The second-order valence-electron chi connectivity index (χ2n) is 3.50. The fourth-order valence-corrected chi connectivity index (χ4v) is 1.94. The van der Waals surface area contributed by atoms with E-state index in [0.717, 1.165) is 43.7 Å². The number of hydrogen-bond acceptors (Lipinski definition) is 3. The lowest BCUT2D eigenvalue weighted by Gasteiger charge is -2.04. The number of aliphatic hydroxyl groups is 1. The maximum absolute atomic E-state index is 11.2. The number of hydrogen-bond donors (Lipinski definition) is 2. The molecule has 4 heteroatoms. The zero-order chi connectivity index (χ0) is 11.4. The minimum Gasteiger partial charge on any atom is -0.396 e. The van der Waals surface area contributed by atoms with Crippen LogP contribution in [-0.2, 0) is 4.79 Å². The second-order valence-corrected chi connectivity index (χ2v) is 4.72. The van der Waals surface area contributed by atoms with Gasteiger partial charge in [0.05, 0.1) is 0 Å². The molecule has 0 heterocycles. The van der Waals surface area contributed by atoms with Gasteiger partial charge in [-0.2, -0.15) is 11.8 Å². The standard InChI is InChI=1S/C11H23NO2S/c1-2-3-4-6-11(14)12-7-10-15-9-5-8-13/h13H,2-10H2,1H3,(H,12,14). The molecule has 0 saturated heterocycles. The van der Waals surface area contributed by atoms with Crippen LogP contribution in [0.4, 0.5) is 0 Å². The molecule has 0 rings (SSSR count). The maximum Gasteiger partial charge on any atom is 0.220 e. The van der Waals surface area contributed by atoms with E-state index in [9.17, 15) is 4.79 Å². The van der Waals surface area contributed by atoms with Crippen LogP contribution in [-0.4, -0.2) is 35.7 Å². The zero-order valence-corrected chi connectivity index (χ0v) is 10.4. The summed E-state index contributed by atoms with van der Waals surface area (Å²) >= 11 is 1.77. The Bertz CT molecular complexity index is 154. The average molecular weight is 233 g/mol. The minimum absolute atomic E-state index is 0.172. The van der Waals surface area contributed by atoms with Crippen molar-refractivity contribution < 1.29 is 9.90 Å². The van der Waals surface area contributed by atoms with Gasteiger partial charge in [-0.25, -0.2) is 0 Å². The first-order valence-electron chi connectivity index (χ1n) is 5.76. The third-order valence-corrected chi connectivity index (χ3v) is 3.09. The quantitative estimate of drug-likeness (QED) is 0.566. The summed E-state index contributed by atoms with van der Waals surface area (Å²) in [5.74, 6) is 2.09. The Kier molecular flexibility index (Phi) is 11.7. The summed E-state index contributed by atoms with van der Waals surface area (Å²) in [5.41, 5.74) is 0. The number of nitrogens with one attached hydrogen (secondary N) is 1. The molecule has 0 aromatic carbocycles. The molecule has 0 spiro atoms. The first-order chi connectivity index (χ1) is 7.31. The average Bonchev–Trinajstić information content (AvgIpc) is 2.23. The molecule has 90 valence electrons. The van der Waals surface area contributed by atoms with Gasteiger partial charge in [0.1, 0.15) is 0 Å². The normalized spacial score (nSPS) is 10.3. The topological polar surface area (TPSA) is 49.3 Å². The smallest absolute Gasteiger partial charge is 0.220 e. The molecule has 0 aliphatic carbocycles. The predicted octanol–water partition coefficient (Wildman–Crippen LogP) is 1.80. The summed E-state index contributed by atoms with van der Waals surface area (Å²) in [4.78, 5) is 11.2. The lowest BCUT2D eigenvalue weighted by Crippen LogP contribution is -2.25. The van der Waals surface area contributed by atoms with Gasteiger partial charge in [0.25, 0.3) is 0 Å². The number of unbranched alkanes of at least 4 members (excludes halogenated alkanes) is 2. The summed E-state index contributed by atoms with van der Waals surface area (Å²) < 4.78 is 0. The van der Waals surface area contributed by atoms with Crippen LogP contribution in [0, 0.1) is 0 Å². The van der Waals surface area contributed by atoms with Gasteiger partial charge in [0, 0.05) is 25.3 Å². The highest BCUT2D eigenvalue weighted by molar-refractivity contribution is 7.99. The molecule has 0 atom stereocenters. The minimum atomic E-state index is 0.172. The molecule has 0 aliphatic rings. The molecule has 3 nitrogen and oxygen atoms in total. The first kappa shape index (κ1) is 14.8. The van der Waals surface area contributed by atoms with Crippen LogP contribution >= 0.6 is 11.8 Å². The summed E-state index contributed by atoms with van der Waals surface area (Å²) in [6.45, 7) is 3.15. The summed E-state index contributed by atoms with van der Waals surface area (Å²) in [5, 5.41) is 11.4. The Morgan fingerprint density at radius 1 is 1.27 bits per heavy atom. The van der Waals surface area contributed by atoms with E-state index in [1.54, 1.807) is 11.8 Å². The lowest BCUT2D eigenvalue weighted by atomic mass is 10.2. The van der Waals surface area contributed by atoms with E-state index >= 15 is 0 Å². The van der Waals surface area contributed by atoms with Gasteiger partial charge in [-0.15, -0.1) is 0 Å². The molecule has 0 radical (unpaired) electrons. The van der Waals surface area contributed by atoms with Crippen molar-refractivity contribution in [2.75, 3.05) is 24.7 Å². The van der Waals surface area contributed by atoms with E-state index in [1.165, 1.54) is 0 Å². The van der Waals surface area contributed by atoms with E-state index in [0.29, 0.717) is 6.42 Å². The Morgan fingerprint density at radius 2 is 2.07 bits per heavy atom. The van der Waals surface area contributed by atoms with Crippen LogP contribution in [0.1, 0.15) is 39.0 Å². The van der Waals surface area contributed by atoms with Crippen LogP contribution in [0.25, 0.3) is 0 Å². The maximum atomic E-state index is 11.2. The van der Waals surface area contributed by atoms with E-state index in [2.05, 4.69) is 12.2 Å². The van der Waals surface area contributed by atoms with Crippen LogP contribution in [0.5, 0.6) is 0 Å². The van der Waals surface area contributed by atoms with Crippen molar-refractivity contribution >= 4 is 17.7 Å². The van der Waals surface area contributed by atoms with E-state index in [1.807, 2.05) is 0 Å². The van der Waals surface area contributed by atoms with Gasteiger partial charge in [0.15, 0.2) is 0 Å². The van der Waals surface area contributed by atoms with Gasteiger partial charge >= 0.3 is 0 Å². The number of carbonyl (C=O) groups is 1. The molecule has 15 heavy (non-hydrogen) atoms. The van der Waals surface area contributed by atoms with Gasteiger partial charge < -0.3 is 10.4 Å². The fourth-order valence-electron chi connectivity index (χ4n) is 1.16. The Labute approximate surface area is 97.0 Å². The zero-order valence-electron chi connectivity index (χ0n) is 9.63. The summed E-state index contributed by atoms with van der Waals surface area (Å²) in [6, 6.07) is 0. The Morgan fingerprint density at radius 3 is 2.73 bits per heavy atom. The first-order valence-corrected chi connectivity index (χ1v) is 6.92. The van der Waals surface area contributed by atoms with Crippen molar-refractivity contribution in [1.29, 1.82) is 0 Å². The molecule has 0 fully saturated rings. The molecule has 0 aromatic heterocycles. The van der Waals surface area contributed by atoms with Gasteiger partial charge in [-0.1, -0.05) is 19.8 Å². The summed E-state index contributed by atoms with van der Waals surface area (Å²) in [6.07, 6.45) is 4.80. The molecule has 2 N–H and O–H groups in total. The third kappa shape index (κ3) is 11.7. The number of aliphatic hydroxyl groups excluding tert-OH is 1. The molecule has 0 aliphatic heterocycles. The summed E-state index contributed by atoms with van der Waals surface area (Å²) in [7, 11) is 0. The van der Waals surface area contributed by atoms with E-state index < -0.39 is 0 Å². The molecule has 0 unspecified atom stereocenters. The Balaban J connectivity index is 3.10. The Hall–Kier alpha value is -0.220. The largest absolute Gasteiger partial charge is 0.396 e. The molecule has 1 amide bonds. The molecule has 0 saturated carbocycles. The molecular weight excluding hydrogens is 210 g/mol. The van der Waals surface area contributed by atoms with Crippen LogP contribution < -0.4 is 5.32 Å². The highest BCUT2D eigenvalue weighted by Crippen LogP contribution is 2.01. The van der Waals surface area contributed by atoms with E-state index in [-0.39, 0.29) is 12.5 Å². The third-order valence-electron chi connectivity index (χ3n) is 2.02. The molecule has 0 aromatic rings. The van der Waals surface area contributed by atoms with Gasteiger partial charge in [0.2, 0.25) is 5.91 Å².